The van der Waals surface area contributed by atoms with E-state index in [1.165, 1.54) is 64.2 Å². The Morgan fingerprint density at radius 2 is 1.06 bits per heavy atom. The molecule has 3 aliphatic rings. The fourth-order valence-electron chi connectivity index (χ4n) is 8.28. The number of Topliss-reactive ketones (excluding diaryl/α,β-unsaturated/α-hetero) is 1. The number of hydrogen-bond acceptors (Lipinski definition) is 8. The topological polar surface area (TPSA) is 129 Å². The number of aliphatic hydroxyl groups excluding tert-OH is 3. The maximum Gasteiger partial charge on any atom is 0.233 e. The van der Waals surface area contributed by atoms with Crippen molar-refractivity contribution in [2.45, 2.75) is 217 Å². The summed E-state index contributed by atoms with van der Waals surface area (Å²) in [7, 11) is 0. The van der Waals surface area contributed by atoms with E-state index in [1.54, 1.807) is 6.92 Å². The van der Waals surface area contributed by atoms with Gasteiger partial charge in [0.1, 0.15) is 5.78 Å². The number of nitrogens with zero attached hydrogens (tertiary/aromatic N) is 1. The Morgan fingerprint density at radius 1 is 0.620 bits per heavy atom. The lowest BCUT2D eigenvalue weighted by molar-refractivity contribution is -0.141. The van der Waals surface area contributed by atoms with Gasteiger partial charge in [0, 0.05) is 26.2 Å². The molecule has 3 heterocycles. The fraction of sp³-hybridized carbons (Fsp3) is 0.951. The first kappa shape index (κ1) is 43.3. The van der Waals surface area contributed by atoms with Crippen molar-refractivity contribution in [3.05, 3.63) is 0 Å². The molecule has 3 rings (SSSR count). The second kappa shape index (κ2) is 25.8. The normalized spacial score (nSPS) is 25.1. The highest BCUT2D eigenvalue weighted by atomic mass is 16.6. The number of unbranched alkanes of at least 4 members (excludes halogenated alkanes) is 13. The van der Waals surface area contributed by atoms with Gasteiger partial charge in [-0.3, -0.25) is 9.59 Å². The Kier molecular flexibility index (Phi) is 22.3. The molecule has 0 aliphatic carbocycles. The molecule has 0 aromatic rings. The molecular formula is C41H76N2O7. The van der Waals surface area contributed by atoms with Gasteiger partial charge in [-0.1, -0.05) is 103 Å². The molecule has 0 saturated carbocycles. The molecule has 8 atom stereocenters. The molecule has 9 nitrogen and oxygen atoms in total. The van der Waals surface area contributed by atoms with Crippen LogP contribution in [0.1, 0.15) is 174 Å². The second-order valence-electron chi connectivity index (χ2n) is 15.9. The maximum atomic E-state index is 12.8. The average Bonchev–Trinajstić information content (AvgIpc) is 3.81. The number of carbonyl (C=O) groups excluding carboxylic acids is 2. The number of piperazine rings is 1. The van der Waals surface area contributed by atoms with E-state index < -0.39 is 18.1 Å². The summed E-state index contributed by atoms with van der Waals surface area (Å²) in [6.07, 6.45) is 24.3. The van der Waals surface area contributed by atoms with Crippen LogP contribution < -0.4 is 5.32 Å². The highest BCUT2D eigenvalue weighted by Crippen LogP contribution is 2.34. The molecule has 0 bridgehead atoms. The van der Waals surface area contributed by atoms with Gasteiger partial charge in [0.05, 0.1) is 48.6 Å². The van der Waals surface area contributed by atoms with Crippen molar-refractivity contribution in [2.75, 3.05) is 26.2 Å². The zero-order valence-corrected chi connectivity index (χ0v) is 32.0. The number of amides is 1. The summed E-state index contributed by atoms with van der Waals surface area (Å²) < 4.78 is 12.6. The third kappa shape index (κ3) is 16.7. The van der Waals surface area contributed by atoms with Crippen LogP contribution in [0.4, 0.5) is 0 Å². The van der Waals surface area contributed by atoms with Gasteiger partial charge in [0.15, 0.2) is 0 Å². The van der Waals surface area contributed by atoms with Gasteiger partial charge in [0.2, 0.25) is 5.91 Å². The molecule has 3 aliphatic heterocycles. The van der Waals surface area contributed by atoms with Crippen LogP contribution in [0.3, 0.4) is 0 Å². The minimum Gasteiger partial charge on any atom is -0.393 e. The van der Waals surface area contributed by atoms with E-state index in [4.69, 9.17) is 9.47 Å². The third-order valence-corrected chi connectivity index (χ3v) is 11.6. The van der Waals surface area contributed by atoms with Crippen LogP contribution in [0, 0.1) is 5.92 Å². The van der Waals surface area contributed by atoms with E-state index in [9.17, 15) is 24.9 Å². The second-order valence-corrected chi connectivity index (χ2v) is 15.9. The first-order chi connectivity index (χ1) is 24.3. The van der Waals surface area contributed by atoms with E-state index >= 15 is 0 Å². The summed E-state index contributed by atoms with van der Waals surface area (Å²) in [5.41, 5.74) is 0. The lowest BCUT2D eigenvalue weighted by Crippen LogP contribution is -2.49. The standard InChI is InChI=1S/C41H76N2O7/c1-3-4-5-15-19-33(45)20-18-23-36(47)38-25-27-40(50-38)39-26-24-37(49-39)35(46)22-17-14-12-10-8-6-7-9-11-13-16-21-34(32(2)44)41(48)43-30-28-42-29-31-43/h33-40,42,45-47H,3-31H2,1-2H3/t33-,34?,35+,36-,37+,38+,39+,40+/m0/s1. The molecule has 0 radical (unpaired) electrons. The van der Waals surface area contributed by atoms with Gasteiger partial charge in [-0.05, 0) is 71.1 Å². The summed E-state index contributed by atoms with van der Waals surface area (Å²) in [5, 5.41) is 35.0. The number of ketones is 1. The van der Waals surface area contributed by atoms with Crippen molar-refractivity contribution in [3.8, 4) is 0 Å². The molecule has 9 heteroatoms. The SMILES string of the molecule is CCCCCC[C@H](O)CCC[C@H](O)[C@H]1CC[C@H]([C@H]2CC[C@H]([C@H](O)CCCCCCCCCCCCCC(C(C)=O)C(=O)N3CCNCC3)O2)O1. The molecule has 292 valence electrons. The molecule has 3 saturated heterocycles. The van der Waals surface area contributed by atoms with Gasteiger partial charge < -0.3 is 35.0 Å². The van der Waals surface area contributed by atoms with E-state index in [-0.39, 0.29) is 42.2 Å². The van der Waals surface area contributed by atoms with Crippen LogP contribution in [0.25, 0.3) is 0 Å². The van der Waals surface area contributed by atoms with Crippen molar-refractivity contribution < 1.29 is 34.4 Å². The molecular weight excluding hydrogens is 632 g/mol. The Morgan fingerprint density at radius 3 is 1.58 bits per heavy atom. The Hall–Kier alpha value is -1.10. The van der Waals surface area contributed by atoms with E-state index in [1.807, 2.05) is 4.90 Å². The van der Waals surface area contributed by atoms with Gasteiger partial charge in [0.25, 0.3) is 0 Å². The smallest absolute Gasteiger partial charge is 0.233 e. The fourth-order valence-corrected chi connectivity index (χ4v) is 8.28. The minimum atomic E-state index is -0.487. The number of rotatable bonds is 28. The lowest BCUT2D eigenvalue weighted by Gasteiger charge is -2.30. The van der Waals surface area contributed by atoms with E-state index in [0.717, 1.165) is 96.6 Å². The van der Waals surface area contributed by atoms with Crippen LogP contribution in [0.15, 0.2) is 0 Å². The summed E-state index contributed by atoms with van der Waals surface area (Å²) >= 11 is 0. The summed E-state index contributed by atoms with van der Waals surface area (Å²) in [5.74, 6) is -0.413. The minimum absolute atomic E-state index is 0.00760. The molecule has 50 heavy (non-hydrogen) atoms. The predicted molar refractivity (Wildman–Crippen MR) is 200 cm³/mol. The molecule has 0 spiro atoms. The van der Waals surface area contributed by atoms with Crippen LogP contribution in [-0.2, 0) is 19.1 Å². The number of ether oxygens (including phenoxy) is 2. The summed E-state index contributed by atoms with van der Waals surface area (Å²) in [6, 6.07) is 0. The lowest BCUT2D eigenvalue weighted by atomic mass is 9.95. The van der Waals surface area contributed by atoms with Crippen molar-refractivity contribution in [3.63, 3.8) is 0 Å². The molecule has 0 aromatic carbocycles. The highest BCUT2D eigenvalue weighted by Gasteiger charge is 2.40. The number of nitrogens with one attached hydrogen (secondary N) is 1. The first-order valence-corrected chi connectivity index (χ1v) is 21.1. The molecule has 1 amide bonds. The number of hydrogen-bond donors (Lipinski definition) is 4. The largest absolute Gasteiger partial charge is 0.393 e. The summed E-state index contributed by atoms with van der Waals surface area (Å²) in [4.78, 5) is 26.7. The van der Waals surface area contributed by atoms with E-state index in [2.05, 4.69) is 12.2 Å². The van der Waals surface area contributed by atoms with Crippen LogP contribution >= 0.6 is 0 Å². The van der Waals surface area contributed by atoms with Gasteiger partial charge in [-0.15, -0.1) is 0 Å². The first-order valence-electron chi connectivity index (χ1n) is 21.1. The summed E-state index contributed by atoms with van der Waals surface area (Å²) in [6.45, 7) is 6.81. The molecule has 3 fully saturated rings. The van der Waals surface area contributed by atoms with E-state index in [0.29, 0.717) is 25.9 Å². The molecule has 0 aromatic heterocycles. The van der Waals surface area contributed by atoms with Crippen molar-refractivity contribution >= 4 is 11.7 Å². The Bertz CT molecular complexity index is 900. The Balaban J connectivity index is 1.12. The average molecular weight is 709 g/mol. The highest BCUT2D eigenvalue weighted by molar-refractivity contribution is 6.00. The maximum absolute atomic E-state index is 12.8. The number of aliphatic hydroxyl groups is 3. The van der Waals surface area contributed by atoms with Crippen molar-refractivity contribution in [1.29, 1.82) is 0 Å². The quantitative estimate of drug-likeness (QED) is 0.0505. The monoisotopic (exact) mass is 709 g/mol. The zero-order valence-electron chi connectivity index (χ0n) is 32.0. The van der Waals surface area contributed by atoms with Crippen LogP contribution in [0.2, 0.25) is 0 Å². The molecule has 4 N–H and O–H groups in total. The number of carbonyl (C=O) groups is 2. The van der Waals surface area contributed by atoms with Crippen LogP contribution in [-0.4, -0.2) is 101 Å². The zero-order chi connectivity index (χ0) is 36.0. The van der Waals surface area contributed by atoms with Gasteiger partial charge >= 0.3 is 0 Å². The van der Waals surface area contributed by atoms with Crippen molar-refractivity contribution in [2.24, 2.45) is 5.92 Å². The Labute approximate surface area is 305 Å². The third-order valence-electron chi connectivity index (χ3n) is 11.6. The van der Waals surface area contributed by atoms with Gasteiger partial charge in [-0.2, -0.15) is 0 Å². The van der Waals surface area contributed by atoms with Gasteiger partial charge in [-0.25, -0.2) is 0 Å². The predicted octanol–water partition coefficient (Wildman–Crippen LogP) is 7.01. The molecule has 1 unspecified atom stereocenters. The van der Waals surface area contributed by atoms with Crippen LogP contribution in [0.5, 0.6) is 0 Å². The van der Waals surface area contributed by atoms with Crippen molar-refractivity contribution in [1.82, 2.24) is 10.2 Å².